The highest BCUT2D eigenvalue weighted by molar-refractivity contribution is 8.01. The second-order valence-corrected chi connectivity index (χ2v) is 10.0. The molecule has 2 aliphatic heterocycles. The van der Waals surface area contributed by atoms with Crippen LogP contribution in [0, 0.1) is 6.92 Å². The van der Waals surface area contributed by atoms with Crippen LogP contribution in [0.5, 0.6) is 0 Å². The molecule has 1 spiro atoms. The van der Waals surface area contributed by atoms with Crippen molar-refractivity contribution < 1.29 is 9.53 Å². The number of hydrogen-bond donors (Lipinski definition) is 1. The van der Waals surface area contributed by atoms with Gasteiger partial charge in [0.15, 0.2) is 4.34 Å². The van der Waals surface area contributed by atoms with E-state index in [1.165, 1.54) is 17.3 Å². The van der Waals surface area contributed by atoms with E-state index in [-0.39, 0.29) is 17.6 Å². The summed E-state index contributed by atoms with van der Waals surface area (Å²) in [6.07, 6.45) is 8.16. The van der Waals surface area contributed by atoms with E-state index in [1.54, 1.807) is 11.3 Å². The van der Waals surface area contributed by atoms with E-state index in [2.05, 4.69) is 26.3 Å². The van der Waals surface area contributed by atoms with Crippen LogP contribution in [0.15, 0.2) is 34.2 Å². The predicted octanol–water partition coefficient (Wildman–Crippen LogP) is 3.27. The molecule has 0 aromatic carbocycles. The molecule has 2 aliphatic rings. The maximum atomic E-state index is 12.1. The van der Waals surface area contributed by atoms with Gasteiger partial charge in [0.05, 0.1) is 17.5 Å². The molecule has 29 heavy (non-hydrogen) atoms. The van der Waals surface area contributed by atoms with Crippen LogP contribution < -0.4 is 5.32 Å². The number of pyridine rings is 1. The van der Waals surface area contributed by atoms with Gasteiger partial charge in [-0.3, -0.25) is 14.7 Å². The molecule has 156 valence electrons. The Kier molecular flexibility index (Phi) is 6.85. The molecule has 0 saturated carbocycles. The van der Waals surface area contributed by atoms with Gasteiger partial charge in [0.1, 0.15) is 0 Å². The number of hydrogen-bond acceptors (Lipinski definition) is 7. The van der Waals surface area contributed by atoms with Crippen molar-refractivity contribution >= 4 is 29.0 Å². The van der Waals surface area contributed by atoms with Crippen LogP contribution in [-0.2, 0) is 16.1 Å². The van der Waals surface area contributed by atoms with Gasteiger partial charge in [0.2, 0.25) is 5.91 Å². The maximum Gasteiger partial charge on any atom is 0.230 e. The van der Waals surface area contributed by atoms with Gasteiger partial charge >= 0.3 is 0 Å². The Morgan fingerprint density at radius 1 is 1.41 bits per heavy atom. The molecule has 2 fully saturated rings. The van der Waals surface area contributed by atoms with Crippen LogP contribution in [0.4, 0.5) is 0 Å². The Bertz CT molecular complexity index is 806. The van der Waals surface area contributed by atoms with E-state index >= 15 is 0 Å². The molecule has 6 nitrogen and oxygen atoms in total. The van der Waals surface area contributed by atoms with Crippen LogP contribution in [-0.4, -0.2) is 57.9 Å². The average Bonchev–Trinajstić information content (AvgIpc) is 3.34. The molecule has 8 heteroatoms. The van der Waals surface area contributed by atoms with Crippen molar-refractivity contribution in [2.45, 2.75) is 55.2 Å². The fourth-order valence-corrected chi connectivity index (χ4v) is 5.76. The van der Waals surface area contributed by atoms with Crippen LogP contribution in [0.3, 0.4) is 0 Å². The van der Waals surface area contributed by atoms with Crippen LogP contribution in [0.25, 0.3) is 0 Å². The molecule has 1 atom stereocenters. The largest absolute Gasteiger partial charge is 0.370 e. The summed E-state index contributed by atoms with van der Waals surface area (Å²) in [6, 6.07) is 4.13. The summed E-state index contributed by atoms with van der Waals surface area (Å²) in [5.74, 6) is 0.465. The second-order valence-electron chi connectivity index (χ2n) is 7.95. The van der Waals surface area contributed by atoms with Crippen molar-refractivity contribution in [3.05, 3.63) is 41.2 Å². The Hall–Kier alpha value is -1.48. The number of ether oxygens (including phenoxy) is 1. The number of amides is 1. The number of nitrogens with one attached hydrogen (secondary N) is 1. The molecule has 0 radical (unpaired) electrons. The Labute approximate surface area is 180 Å². The van der Waals surface area contributed by atoms with Crippen molar-refractivity contribution in [2.75, 3.05) is 25.4 Å². The molecule has 4 rings (SSSR count). The summed E-state index contributed by atoms with van der Waals surface area (Å²) in [6.45, 7) is 5.64. The van der Waals surface area contributed by atoms with Gasteiger partial charge < -0.3 is 10.1 Å². The molecule has 2 aromatic rings. The number of piperidine rings is 1. The van der Waals surface area contributed by atoms with Gasteiger partial charge in [-0.15, -0.1) is 11.3 Å². The topological polar surface area (TPSA) is 67.4 Å². The number of aryl methyl sites for hydroxylation is 1. The lowest BCUT2D eigenvalue weighted by Gasteiger charge is -2.39. The third kappa shape index (κ3) is 5.78. The van der Waals surface area contributed by atoms with Crippen molar-refractivity contribution in [1.82, 2.24) is 20.2 Å². The molecule has 0 aliphatic carbocycles. The Morgan fingerprint density at radius 3 is 3.00 bits per heavy atom. The van der Waals surface area contributed by atoms with E-state index < -0.39 is 0 Å². The molecule has 1 N–H and O–H groups in total. The molecule has 0 bridgehead atoms. The summed E-state index contributed by atoms with van der Waals surface area (Å²) < 4.78 is 7.38. The number of nitrogens with zero attached hydrogens (tertiary/aromatic N) is 3. The number of rotatable bonds is 7. The molecular formula is C21H28N4O2S2. The minimum absolute atomic E-state index is 0.00793. The van der Waals surface area contributed by atoms with Gasteiger partial charge in [-0.05, 0) is 44.2 Å². The molecule has 2 aromatic heterocycles. The smallest absolute Gasteiger partial charge is 0.230 e. The van der Waals surface area contributed by atoms with Crippen molar-refractivity contribution in [2.24, 2.45) is 0 Å². The zero-order chi connectivity index (χ0) is 20.1. The third-order valence-corrected chi connectivity index (χ3v) is 7.83. The highest BCUT2D eigenvalue weighted by Crippen LogP contribution is 2.39. The first-order valence-electron chi connectivity index (χ1n) is 10.2. The molecular weight excluding hydrogens is 404 g/mol. The first-order valence-corrected chi connectivity index (χ1v) is 12.1. The van der Waals surface area contributed by atoms with Gasteiger partial charge in [-0.1, -0.05) is 17.8 Å². The van der Waals surface area contributed by atoms with Gasteiger partial charge in [0.25, 0.3) is 0 Å². The zero-order valence-electron chi connectivity index (χ0n) is 16.8. The number of aromatic nitrogens is 2. The summed E-state index contributed by atoms with van der Waals surface area (Å²) in [5.41, 5.74) is 2.28. The van der Waals surface area contributed by atoms with Crippen molar-refractivity contribution in [1.29, 1.82) is 0 Å². The fraction of sp³-hybridized carbons (Fsp3) is 0.571. The predicted molar refractivity (Wildman–Crippen MR) is 116 cm³/mol. The lowest BCUT2D eigenvalue weighted by molar-refractivity contribution is -0.120. The Morgan fingerprint density at radius 2 is 2.28 bits per heavy atom. The third-order valence-electron chi connectivity index (χ3n) is 5.69. The van der Waals surface area contributed by atoms with Crippen molar-refractivity contribution in [3.8, 4) is 0 Å². The monoisotopic (exact) mass is 432 g/mol. The minimum atomic E-state index is 0.00793. The van der Waals surface area contributed by atoms with E-state index in [1.807, 2.05) is 30.8 Å². The number of carbonyl (C=O) groups excluding carboxylic acids is 1. The van der Waals surface area contributed by atoms with Gasteiger partial charge in [-0.25, -0.2) is 4.98 Å². The highest BCUT2D eigenvalue weighted by Gasteiger charge is 2.42. The molecule has 1 unspecified atom stereocenters. The zero-order valence-corrected chi connectivity index (χ0v) is 18.4. The van der Waals surface area contributed by atoms with E-state index in [0.29, 0.717) is 12.3 Å². The maximum absolute atomic E-state index is 12.1. The van der Waals surface area contributed by atoms with E-state index in [0.717, 1.165) is 55.4 Å². The first-order chi connectivity index (χ1) is 14.1. The summed E-state index contributed by atoms with van der Waals surface area (Å²) in [7, 11) is 0. The van der Waals surface area contributed by atoms with Gasteiger partial charge in [-0.2, -0.15) is 0 Å². The lowest BCUT2D eigenvalue weighted by Crippen LogP contribution is -2.45. The number of thioether (sulfide) groups is 1. The first kappa shape index (κ1) is 20.8. The Balaban J connectivity index is 1.16. The SMILES string of the molecule is Cc1csc(SCC(=O)NCC2CCC3(CCN(Cc4cccnc4)CC3)O2)n1. The van der Waals surface area contributed by atoms with E-state index in [4.69, 9.17) is 4.74 Å². The number of likely N-dealkylation sites (tertiary alicyclic amines) is 1. The minimum Gasteiger partial charge on any atom is -0.370 e. The second kappa shape index (κ2) is 9.55. The van der Waals surface area contributed by atoms with Crippen molar-refractivity contribution in [3.63, 3.8) is 0 Å². The normalized spacial score (nSPS) is 21.5. The number of thiazole rings is 1. The number of carbonyl (C=O) groups is 1. The summed E-state index contributed by atoms with van der Waals surface area (Å²) in [5, 5.41) is 5.05. The highest BCUT2D eigenvalue weighted by atomic mass is 32.2. The van der Waals surface area contributed by atoms with E-state index in [9.17, 15) is 4.79 Å². The fourth-order valence-electron chi connectivity index (χ4n) is 4.08. The van der Waals surface area contributed by atoms with Crippen LogP contribution >= 0.6 is 23.1 Å². The van der Waals surface area contributed by atoms with Crippen LogP contribution in [0.2, 0.25) is 0 Å². The van der Waals surface area contributed by atoms with Crippen LogP contribution in [0.1, 0.15) is 36.9 Å². The molecule has 1 amide bonds. The molecule has 2 saturated heterocycles. The summed E-state index contributed by atoms with van der Waals surface area (Å²) >= 11 is 3.09. The average molecular weight is 433 g/mol. The summed E-state index contributed by atoms with van der Waals surface area (Å²) in [4.78, 5) is 23.2. The quantitative estimate of drug-likeness (QED) is 0.678. The lowest BCUT2D eigenvalue weighted by atomic mass is 9.88. The van der Waals surface area contributed by atoms with Gasteiger partial charge in [0, 0.05) is 49.6 Å². The standard InChI is InChI=1S/C21H28N4O2S2/c1-16-14-28-20(24-16)29-15-19(26)23-12-18-4-5-21(27-18)6-9-25(10-7-21)13-17-3-2-8-22-11-17/h2-3,8,11,14,18H,4-7,9-10,12-13,15H2,1H3,(H,23,26). The molecule has 4 heterocycles.